The van der Waals surface area contributed by atoms with E-state index in [0.717, 1.165) is 32.5 Å². The van der Waals surface area contributed by atoms with Crippen LogP contribution in [0.4, 0.5) is 0 Å². The fraction of sp³-hybridized carbons (Fsp3) is 0.704. The molecule has 0 radical (unpaired) electrons. The number of benzene rings is 1. The van der Waals surface area contributed by atoms with Crippen LogP contribution in [0.3, 0.4) is 0 Å². The second kappa shape index (κ2) is 9.54. The van der Waals surface area contributed by atoms with E-state index >= 15 is 0 Å². The zero-order chi connectivity index (χ0) is 22.9. The van der Waals surface area contributed by atoms with Gasteiger partial charge in [0.15, 0.2) is 0 Å². The third-order valence-corrected chi connectivity index (χ3v) is 8.04. The molecule has 5 nitrogen and oxygen atoms in total. The van der Waals surface area contributed by atoms with Crippen molar-refractivity contribution in [2.24, 2.45) is 17.1 Å². The number of amides is 2. The molecule has 3 fully saturated rings. The van der Waals surface area contributed by atoms with Crippen molar-refractivity contribution in [3.8, 4) is 0 Å². The summed E-state index contributed by atoms with van der Waals surface area (Å²) in [5, 5.41) is 0. The maximum atomic E-state index is 13.2. The zero-order valence-corrected chi connectivity index (χ0v) is 20.2. The van der Waals surface area contributed by atoms with Gasteiger partial charge in [0.2, 0.25) is 11.8 Å². The number of carbonyl (C=O) groups excluding carboxylic acids is 2. The van der Waals surface area contributed by atoms with E-state index in [-0.39, 0.29) is 11.3 Å². The summed E-state index contributed by atoms with van der Waals surface area (Å²) >= 11 is 0. The third-order valence-electron chi connectivity index (χ3n) is 8.04. The van der Waals surface area contributed by atoms with Gasteiger partial charge in [-0.3, -0.25) is 14.5 Å². The second-order valence-corrected chi connectivity index (χ2v) is 11.4. The van der Waals surface area contributed by atoms with E-state index in [0.29, 0.717) is 35.4 Å². The molecule has 32 heavy (non-hydrogen) atoms. The highest BCUT2D eigenvalue weighted by Gasteiger charge is 2.41. The van der Waals surface area contributed by atoms with E-state index in [4.69, 9.17) is 5.73 Å². The predicted octanol–water partition coefficient (Wildman–Crippen LogP) is 4.56. The Bertz CT molecular complexity index is 810. The van der Waals surface area contributed by atoms with Crippen molar-refractivity contribution >= 4 is 11.8 Å². The summed E-state index contributed by atoms with van der Waals surface area (Å²) in [6.07, 6.45) is 9.93. The summed E-state index contributed by atoms with van der Waals surface area (Å²) in [5.41, 5.74) is 7.04. The molecule has 2 N–H and O–H groups in total. The summed E-state index contributed by atoms with van der Waals surface area (Å²) in [6, 6.07) is 9.07. The normalized spacial score (nSPS) is 26.4. The molecule has 3 aliphatic rings. The van der Waals surface area contributed by atoms with Crippen LogP contribution >= 0.6 is 0 Å². The Balaban J connectivity index is 1.40. The molecule has 176 valence electrons. The van der Waals surface area contributed by atoms with Gasteiger partial charge in [-0.05, 0) is 68.1 Å². The van der Waals surface area contributed by atoms with Crippen molar-refractivity contribution in [1.82, 2.24) is 9.80 Å². The van der Waals surface area contributed by atoms with Crippen molar-refractivity contribution in [2.45, 2.75) is 90.1 Å². The quantitative estimate of drug-likeness (QED) is 0.677. The lowest BCUT2D eigenvalue weighted by molar-refractivity contribution is -0.140. The van der Waals surface area contributed by atoms with Crippen LogP contribution in [-0.4, -0.2) is 53.3 Å². The molecule has 1 aliphatic carbocycles. The van der Waals surface area contributed by atoms with Gasteiger partial charge < -0.3 is 10.6 Å². The Kier molecular flexibility index (Phi) is 6.94. The molecule has 1 aromatic carbocycles. The van der Waals surface area contributed by atoms with E-state index < -0.39 is 0 Å². The summed E-state index contributed by atoms with van der Waals surface area (Å²) in [4.78, 5) is 29.7. The highest BCUT2D eigenvalue weighted by atomic mass is 16.2. The Morgan fingerprint density at radius 3 is 2.31 bits per heavy atom. The number of nitrogens with zero attached hydrogens (tertiary/aromatic N) is 2. The molecule has 0 unspecified atom stereocenters. The van der Waals surface area contributed by atoms with Crippen LogP contribution in [0, 0.1) is 11.3 Å². The minimum Gasteiger partial charge on any atom is -0.366 e. The van der Waals surface area contributed by atoms with Crippen molar-refractivity contribution in [2.75, 3.05) is 19.6 Å². The maximum Gasteiger partial charge on any atom is 0.248 e. The second-order valence-electron chi connectivity index (χ2n) is 11.4. The van der Waals surface area contributed by atoms with Gasteiger partial charge >= 0.3 is 0 Å². The Labute approximate surface area is 193 Å². The predicted molar refractivity (Wildman–Crippen MR) is 128 cm³/mol. The lowest BCUT2D eigenvalue weighted by Crippen LogP contribution is -2.49. The number of fused-ring (bicyclic) bond motifs is 2. The van der Waals surface area contributed by atoms with Crippen molar-refractivity contribution < 1.29 is 9.59 Å². The molecule has 2 aliphatic heterocycles. The lowest BCUT2D eigenvalue weighted by Gasteiger charge is -2.41. The number of rotatable bonds is 7. The van der Waals surface area contributed by atoms with E-state index in [1.807, 2.05) is 32.9 Å². The van der Waals surface area contributed by atoms with Crippen LogP contribution < -0.4 is 5.73 Å². The molecule has 3 atom stereocenters. The van der Waals surface area contributed by atoms with Crippen LogP contribution in [0.1, 0.15) is 94.0 Å². The molecule has 4 rings (SSSR count). The molecule has 0 aromatic heterocycles. The molecule has 1 aromatic rings. The lowest BCUT2D eigenvalue weighted by atomic mass is 9.84. The molecule has 2 heterocycles. The Hall–Kier alpha value is -1.88. The van der Waals surface area contributed by atoms with Gasteiger partial charge in [-0.2, -0.15) is 0 Å². The Morgan fingerprint density at radius 1 is 1.06 bits per heavy atom. The smallest absolute Gasteiger partial charge is 0.248 e. The minimum atomic E-state index is -0.349. The van der Waals surface area contributed by atoms with Crippen LogP contribution in [0.2, 0.25) is 0 Å². The number of hydrogen-bond donors (Lipinski definition) is 1. The molecule has 1 saturated carbocycles. The van der Waals surface area contributed by atoms with Crippen LogP contribution in [-0.2, 0) is 4.79 Å². The number of hydrogen-bond acceptors (Lipinski definition) is 3. The summed E-state index contributed by atoms with van der Waals surface area (Å²) in [5.74, 6) is 1.13. The number of carbonyl (C=O) groups is 2. The molecular formula is C27H41N3O2. The highest BCUT2D eigenvalue weighted by molar-refractivity contribution is 5.92. The van der Waals surface area contributed by atoms with E-state index in [2.05, 4.69) is 15.9 Å². The zero-order valence-electron chi connectivity index (χ0n) is 20.2. The van der Waals surface area contributed by atoms with Crippen molar-refractivity contribution in [1.29, 1.82) is 0 Å². The number of primary amides is 1. The monoisotopic (exact) mass is 439 g/mol. The van der Waals surface area contributed by atoms with Gasteiger partial charge in [0.1, 0.15) is 0 Å². The van der Waals surface area contributed by atoms with Crippen LogP contribution in [0.5, 0.6) is 0 Å². The van der Waals surface area contributed by atoms with Crippen molar-refractivity contribution in [3.63, 3.8) is 0 Å². The first-order valence-electron chi connectivity index (χ1n) is 12.7. The summed E-state index contributed by atoms with van der Waals surface area (Å²) in [7, 11) is 0. The van der Waals surface area contributed by atoms with E-state index in [1.54, 1.807) is 6.07 Å². The topological polar surface area (TPSA) is 66.6 Å². The average Bonchev–Trinajstić information content (AvgIpc) is 3.34. The summed E-state index contributed by atoms with van der Waals surface area (Å²) in [6.45, 7) is 8.91. The van der Waals surface area contributed by atoms with E-state index in [9.17, 15) is 9.59 Å². The van der Waals surface area contributed by atoms with Crippen LogP contribution in [0.25, 0.3) is 0 Å². The van der Waals surface area contributed by atoms with Gasteiger partial charge in [-0.15, -0.1) is 0 Å². The highest BCUT2D eigenvalue weighted by Crippen LogP contribution is 2.43. The Morgan fingerprint density at radius 2 is 1.72 bits per heavy atom. The van der Waals surface area contributed by atoms with Gasteiger partial charge in [0.05, 0.1) is 0 Å². The van der Waals surface area contributed by atoms with Gasteiger partial charge in [0, 0.05) is 42.7 Å². The fourth-order valence-corrected chi connectivity index (χ4v) is 6.35. The standard InChI is InChI=1S/C27H41N3O2/c1-27(2,3)26(32)29(18-19-7-4-5-8-19)13-14-30-23-11-12-24(30)17-22(16-23)20-9-6-10-21(15-20)25(28)31/h6,9-10,15,19,22-24H,4-5,7-8,11-14,16-18H2,1-3H3,(H2,28,31)/t22-,23+,24-. The molecular weight excluding hydrogens is 398 g/mol. The van der Waals surface area contributed by atoms with E-state index in [1.165, 1.54) is 44.1 Å². The number of piperidine rings is 1. The fourth-order valence-electron chi connectivity index (χ4n) is 6.35. The molecule has 2 bridgehead atoms. The van der Waals surface area contributed by atoms with Crippen LogP contribution in [0.15, 0.2) is 24.3 Å². The number of nitrogens with two attached hydrogens (primary N) is 1. The molecule has 2 saturated heterocycles. The van der Waals surface area contributed by atoms with Gasteiger partial charge in [0.25, 0.3) is 0 Å². The van der Waals surface area contributed by atoms with Crippen molar-refractivity contribution in [3.05, 3.63) is 35.4 Å². The first-order chi connectivity index (χ1) is 15.2. The molecule has 2 amide bonds. The maximum absolute atomic E-state index is 13.2. The SMILES string of the molecule is CC(C)(C)C(=O)N(CCN1[C@@H]2CC[C@H]1C[C@@H](c1cccc(C(N)=O)c1)C2)CC1CCCC1. The summed E-state index contributed by atoms with van der Waals surface area (Å²) < 4.78 is 0. The molecule has 5 heteroatoms. The largest absolute Gasteiger partial charge is 0.366 e. The molecule has 0 spiro atoms. The first kappa shape index (κ1) is 23.3. The first-order valence-corrected chi connectivity index (χ1v) is 12.7. The average molecular weight is 440 g/mol. The van der Waals surface area contributed by atoms with Gasteiger partial charge in [-0.1, -0.05) is 45.7 Å². The third kappa shape index (κ3) is 5.19. The minimum absolute atomic E-state index is 0.301. The van der Waals surface area contributed by atoms with Gasteiger partial charge in [-0.25, -0.2) is 0 Å².